The average molecular weight is 274 g/mol. The largest absolute Gasteiger partial charge is 0.296 e. The van der Waals surface area contributed by atoms with Crippen molar-refractivity contribution in [1.82, 2.24) is 15.1 Å². The highest BCUT2D eigenvalue weighted by Gasteiger charge is 2.31. The Kier molecular flexibility index (Phi) is 2.64. The van der Waals surface area contributed by atoms with Crippen LogP contribution in [-0.4, -0.2) is 34.2 Å². The fraction of sp³-hybridized carbons (Fsp3) is 0.400. The maximum absolute atomic E-state index is 6.19. The van der Waals surface area contributed by atoms with Crippen molar-refractivity contribution in [2.24, 2.45) is 0 Å². The topological polar surface area (TPSA) is 31.9 Å². The van der Waals surface area contributed by atoms with Gasteiger partial charge in [-0.25, -0.2) is 0 Å². The molecule has 1 N–H and O–H groups in total. The summed E-state index contributed by atoms with van der Waals surface area (Å²) in [7, 11) is 0. The minimum Gasteiger partial charge on any atom is -0.296 e. The summed E-state index contributed by atoms with van der Waals surface area (Å²) in [6.45, 7) is 2.23. The van der Waals surface area contributed by atoms with Gasteiger partial charge in [0.2, 0.25) is 0 Å². The fourth-order valence-electron chi connectivity index (χ4n) is 2.95. The number of hydrogen-bond acceptors (Lipinski definition) is 2. The van der Waals surface area contributed by atoms with E-state index in [2.05, 4.69) is 27.2 Å². The molecule has 0 bridgehead atoms. The molecule has 1 aliphatic heterocycles. The number of rotatable bonds is 2. The Labute approximate surface area is 117 Å². The van der Waals surface area contributed by atoms with Gasteiger partial charge in [-0.15, -0.1) is 0 Å². The van der Waals surface area contributed by atoms with Gasteiger partial charge in [-0.2, -0.15) is 5.10 Å². The number of aromatic amines is 1. The van der Waals surface area contributed by atoms with E-state index in [9.17, 15) is 0 Å². The van der Waals surface area contributed by atoms with Crippen LogP contribution in [0.4, 0.5) is 0 Å². The lowest BCUT2D eigenvalue weighted by atomic mass is 10.0. The minimum atomic E-state index is 0.718. The molecule has 1 saturated carbocycles. The van der Waals surface area contributed by atoms with Gasteiger partial charge in [0.05, 0.1) is 10.7 Å². The van der Waals surface area contributed by atoms with Crippen LogP contribution in [-0.2, 0) is 0 Å². The Balaban J connectivity index is 1.73. The molecule has 19 heavy (non-hydrogen) atoms. The Hall–Kier alpha value is -1.32. The van der Waals surface area contributed by atoms with Gasteiger partial charge in [-0.05, 0) is 30.9 Å². The van der Waals surface area contributed by atoms with Crippen LogP contribution in [0.5, 0.6) is 0 Å². The smallest absolute Gasteiger partial charge is 0.111 e. The Morgan fingerprint density at radius 3 is 3.05 bits per heavy atom. The molecule has 0 amide bonds. The van der Waals surface area contributed by atoms with E-state index in [4.69, 9.17) is 11.6 Å². The molecule has 3 nitrogen and oxygen atoms in total. The predicted octanol–water partition coefficient (Wildman–Crippen LogP) is 3.47. The third-order valence-corrected chi connectivity index (χ3v) is 4.41. The summed E-state index contributed by atoms with van der Waals surface area (Å²) in [5, 5.41) is 9.39. The van der Waals surface area contributed by atoms with Gasteiger partial charge in [0.15, 0.2) is 0 Å². The molecule has 0 saturated heterocycles. The zero-order valence-corrected chi connectivity index (χ0v) is 11.5. The fourth-order valence-corrected chi connectivity index (χ4v) is 3.16. The molecule has 0 atom stereocenters. The Bertz CT molecular complexity index is 654. The first-order chi connectivity index (χ1) is 9.33. The van der Waals surface area contributed by atoms with E-state index in [-0.39, 0.29) is 0 Å². The first-order valence-electron chi connectivity index (χ1n) is 6.89. The summed E-state index contributed by atoms with van der Waals surface area (Å²) >= 11 is 6.19. The van der Waals surface area contributed by atoms with E-state index >= 15 is 0 Å². The highest BCUT2D eigenvalue weighted by Crippen LogP contribution is 2.34. The molecule has 98 valence electrons. The molecule has 4 heteroatoms. The van der Waals surface area contributed by atoms with Gasteiger partial charge in [0, 0.05) is 24.5 Å². The first kappa shape index (κ1) is 11.5. The van der Waals surface area contributed by atoms with Crippen molar-refractivity contribution >= 4 is 28.1 Å². The normalized spacial score (nSPS) is 20.8. The summed E-state index contributed by atoms with van der Waals surface area (Å²) in [6, 6.07) is 6.80. The van der Waals surface area contributed by atoms with Crippen molar-refractivity contribution < 1.29 is 0 Å². The monoisotopic (exact) mass is 273 g/mol. The second-order valence-corrected chi connectivity index (χ2v) is 5.86. The van der Waals surface area contributed by atoms with Gasteiger partial charge in [0.1, 0.15) is 5.52 Å². The van der Waals surface area contributed by atoms with Crippen molar-refractivity contribution in [2.45, 2.75) is 25.3 Å². The molecule has 0 unspecified atom stereocenters. The summed E-state index contributed by atoms with van der Waals surface area (Å²) in [4.78, 5) is 2.59. The van der Waals surface area contributed by atoms with Crippen LogP contribution in [0.3, 0.4) is 0 Å². The summed E-state index contributed by atoms with van der Waals surface area (Å²) in [5.74, 6) is 0. The summed E-state index contributed by atoms with van der Waals surface area (Å²) in [5.41, 5.74) is 3.38. The Morgan fingerprint density at radius 2 is 2.21 bits per heavy atom. The lowest BCUT2D eigenvalue weighted by molar-refractivity contribution is 0.294. The third kappa shape index (κ3) is 1.97. The Morgan fingerprint density at radius 1 is 1.32 bits per heavy atom. The standard InChI is InChI=1S/C15H16ClN3/c16-13-5-1-4-12-14(17-18-15(12)13)10-3-2-8-19(9-10)11-6-7-11/h1,3-5,11H,2,6-9H2,(H,17,18). The zero-order valence-electron chi connectivity index (χ0n) is 10.7. The molecule has 2 aromatic rings. The minimum absolute atomic E-state index is 0.718. The molecule has 1 aromatic heterocycles. The van der Waals surface area contributed by atoms with Crippen molar-refractivity contribution in [1.29, 1.82) is 0 Å². The molecule has 0 spiro atoms. The molecule has 1 aromatic carbocycles. The predicted molar refractivity (Wildman–Crippen MR) is 78.3 cm³/mol. The van der Waals surface area contributed by atoms with Gasteiger partial charge in [0.25, 0.3) is 0 Å². The van der Waals surface area contributed by atoms with Crippen LogP contribution >= 0.6 is 11.6 Å². The first-order valence-corrected chi connectivity index (χ1v) is 7.27. The van der Waals surface area contributed by atoms with Gasteiger partial charge >= 0.3 is 0 Å². The third-order valence-electron chi connectivity index (χ3n) is 4.10. The molecule has 1 fully saturated rings. The number of para-hydroxylation sites is 1. The summed E-state index contributed by atoms with van der Waals surface area (Å²) < 4.78 is 0. The van der Waals surface area contributed by atoms with E-state index in [0.717, 1.165) is 40.6 Å². The van der Waals surface area contributed by atoms with E-state index in [1.807, 2.05) is 12.1 Å². The van der Waals surface area contributed by atoms with E-state index in [0.29, 0.717) is 0 Å². The number of hydrogen-bond donors (Lipinski definition) is 1. The van der Waals surface area contributed by atoms with Crippen LogP contribution < -0.4 is 0 Å². The van der Waals surface area contributed by atoms with Crippen LogP contribution in [0.1, 0.15) is 25.0 Å². The quantitative estimate of drug-likeness (QED) is 0.909. The maximum Gasteiger partial charge on any atom is 0.111 e. The number of halogens is 1. The molecule has 1 aliphatic carbocycles. The lowest BCUT2D eigenvalue weighted by Crippen LogP contribution is -2.31. The SMILES string of the molecule is Clc1cccc2c(C3=CCCN(C4CC4)C3)[nH]nc12. The van der Waals surface area contributed by atoms with Crippen LogP contribution in [0, 0.1) is 0 Å². The second-order valence-electron chi connectivity index (χ2n) is 5.45. The van der Waals surface area contributed by atoms with E-state index in [1.54, 1.807) is 0 Å². The molecular formula is C15H16ClN3. The highest BCUT2D eigenvalue weighted by atomic mass is 35.5. The maximum atomic E-state index is 6.19. The van der Waals surface area contributed by atoms with Crippen molar-refractivity contribution in [2.75, 3.05) is 13.1 Å². The number of nitrogens with zero attached hydrogens (tertiary/aromatic N) is 2. The van der Waals surface area contributed by atoms with Crippen molar-refractivity contribution in [3.05, 3.63) is 35.0 Å². The zero-order chi connectivity index (χ0) is 12.8. The van der Waals surface area contributed by atoms with Crippen LogP contribution in [0.15, 0.2) is 24.3 Å². The number of aromatic nitrogens is 2. The molecule has 2 aliphatic rings. The van der Waals surface area contributed by atoms with Gasteiger partial charge < -0.3 is 0 Å². The van der Waals surface area contributed by atoms with Crippen molar-refractivity contribution in [3.8, 4) is 0 Å². The van der Waals surface area contributed by atoms with E-state index < -0.39 is 0 Å². The van der Waals surface area contributed by atoms with Gasteiger partial charge in [-0.3, -0.25) is 10.00 Å². The van der Waals surface area contributed by atoms with Crippen LogP contribution in [0.2, 0.25) is 5.02 Å². The molecular weight excluding hydrogens is 258 g/mol. The number of benzene rings is 1. The van der Waals surface area contributed by atoms with Gasteiger partial charge in [-0.1, -0.05) is 29.8 Å². The number of fused-ring (bicyclic) bond motifs is 1. The van der Waals surface area contributed by atoms with Crippen LogP contribution in [0.25, 0.3) is 16.5 Å². The van der Waals surface area contributed by atoms with Crippen molar-refractivity contribution in [3.63, 3.8) is 0 Å². The number of nitrogens with one attached hydrogen (secondary N) is 1. The lowest BCUT2D eigenvalue weighted by Gasteiger charge is -2.26. The average Bonchev–Trinajstić information content (AvgIpc) is 3.19. The molecule has 2 heterocycles. The summed E-state index contributed by atoms with van der Waals surface area (Å²) in [6.07, 6.45) is 6.20. The van der Waals surface area contributed by atoms with E-state index in [1.165, 1.54) is 25.0 Å². The highest BCUT2D eigenvalue weighted by molar-refractivity contribution is 6.35. The molecule has 0 radical (unpaired) electrons. The second kappa shape index (κ2) is 4.36. The molecule has 4 rings (SSSR count). The number of H-pyrrole nitrogens is 1.